The van der Waals surface area contributed by atoms with Crippen LogP contribution < -0.4 is 21.3 Å². The van der Waals surface area contributed by atoms with Crippen LogP contribution in [0.25, 0.3) is 0 Å². The summed E-state index contributed by atoms with van der Waals surface area (Å²) in [7, 11) is 0. The highest BCUT2D eigenvalue weighted by molar-refractivity contribution is 7.80. The van der Waals surface area contributed by atoms with Crippen molar-refractivity contribution in [1.29, 1.82) is 0 Å². The highest BCUT2D eigenvalue weighted by Gasteiger charge is 2.25. The fourth-order valence-electron chi connectivity index (χ4n) is 2.05. The molecule has 0 saturated heterocycles. The normalized spacial score (nSPS) is 13.7. The lowest BCUT2D eigenvalue weighted by molar-refractivity contribution is -0.141. The van der Waals surface area contributed by atoms with Gasteiger partial charge in [-0.2, -0.15) is 0 Å². The number of hydrogen-bond acceptors (Lipinski definition) is 5. The van der Waals surface area contributed by atoms with E-state index in [4.69, 9.17) is 17.3 Å². The Balaban J connectivity index is 4.78. The summed E-state index contributed by atoms with van der Waals surface area (Å²) in [6.45, 7) is 6.53. The Morgan fingerprint density at radius 1 is 0.923 bits per heavy atom. The van der Waals surface area contributed by atoms with Crippen molar-refractivity contribution in [2.75, 3.05) is 6.54 Å². The second kappa shape index (κ2) is 12.2. The summed E-state index contributed by atoms with van der Waals surface area (Å²) < 4.78 is 0. The third-order valence-electron chi connectivity index (χ3n) is 3.47. The highest BCUT2D eigenvalue weighted by Crippen LogP contribution is 2.03. The number of thiocarbonyl (C=S) groups is 1. The largest absolute Gasteiger partial charge is 0.480 e. The Bertz CT molecular complexity index is 541. The van der Waals surface area contributed by atoms with Crippen molar-refractivity contribution in [2.45, 2.75) is 65.1 Å². The van der Waals surface area contributed by atoms with Crippen molar-refractivity contribution in [3.05, 3.63) is 0 Å². The van der Waals surface area contributed by atoms with Gasteiger partial charge in [0, 0.05) is 13.5 Å². The number of unbranched alkanes of at least 4 members (excludes halogenated alkanes) is 1. The first kappa shape index (κ1) is 23.8. The molecular weight excluding hydrogens is 360 g/mol. The number of carbonyl (C=O) groups is 4. The summed E-state index contributed by atoms with van der Waals surface area (Å²) in [5.74, 6) is -2.64. The van der Waals surface area contributed by atoms with Gasteiger partial charge in [0.25, 0.3) is 0 Å². The molecule has 3 unspecified atom stereocenters. The Morgan fingerprint density at radius 2 is 1.54 bits per heavy atom. The van der Waals surface area contributed by atoms with Gasteiger partial charge in [0.1, 0.15) is 18.1 Å². The van der Waals surface area contributed by atoms with E-state index in [9.17, 15) is 19.2 Å². The molecule has 0 fully saturated rings. The molecule has 0 aromatic heterocycles. The lowest BCUT2D eigenvalue weighted by atomic mass is 10.1. The maximum Gasteiger partial charge on any atom is 0.325 e. The van der Waals surface area contributed by atoms with Crippen molar-refractivity contribution in [1.82, 2.24) is 21.3 Å². The van der Waals surface area contributed by atoms with Crippen LogP contribution in [0.3, 0.4) is 0 Å². The fourth-order valence-corrected chi connectivity index (χ4v) is 2.15. The molecule has 0 heterocycles. The third-order valence-corrected chi connectivity index (χ3v) is 3.61. The maximum absolute atomic E-state index is 12.3. The third kappa shape index (κ3) is 10.6. The first-order valence-electron chi connectivity index (χ1n) is 8.39. The molecule has 0 aliphatic rings. The summed E-state index contributed by atoms with van der Waals surface area (Å²) in [5, 5.41) is 19.2. The fraction of sp³-hybridized carbons (Fsp3) is 0.688. The molecule has 0 radical (unpaired) electrons. The molecule has 0 spiro atoms. The van der Waals surface area contributed by atoms with Crippen LogP contribution in [-0.4, -0.2) is 58.5 Å². The van der Waals surface area contributed by atoms with Gasteiger partial charge < -0.3 is 26.4 Å². The summed E-state index contributed by atoms with van der Waals surface area (Å²) in [5.41, 5.74) is 0. The molecule has 3 atom stereocenters. The van der Waals surface area contributed by atoms with Crippen LogP contribution in [0.1, 0.15) is 47.0 Å². The summed E-state index contributed by atoms with van der Waals surface area (Å²) in [6, 6.07) is -2.78. The van der Waals surface area contributed by atoms with Crippen molar-refractivity contribution in [3.63, 3.8) is 0 Å². The molecule has 0 aliphatic heterocycles. The molecule has 0 aromatic carbocycles. The SMILES string of the molecule is CC(=O)NC(C)C(=O)NC(CCCCNC(C)=S)C(=O)NC(C)C(=O)O. The standard InChI is InChI=1S/C16H28N4O5S/c1-9(18-11(3)21)14(22)20-13(7-5-6-8-17-12(4)26)15(23)19-10(2)16(24)25/h9-10,13H,5-8H2,1-4H3,(H,17,26)(H,18,21)(H,19,23)(H,20,22)(H,24,25). The number of nitrogens with one attached hydrogen (secondary N) is 4. The first-order chi connectivity index (χ1) is 12.0. The van der Waals surface area contributed by atoms with Crippen LogP contribution in [0.2, 0.25) is 0 Å². The van der Waals surface area contributed by atoms with Crippen LogP contribution >= 0.6 is 12.2 Å². The zero-order valence-electron chi connectivity index (χ0n) is 15.5. The van der Waals surface area contributed by atoms with Crippen LogP contribution in [0.4, 0.5) is 0 Å². The Hall–Kier alpha value is -2.23. The average molecular weight is 388 g/mol. The number of rotatable bonds is 11. The number of carboxylic acid groups (broad SMARTS) is 1. The van der Waals surface area contributed by atoms with Crippen molar-refractivity contribution >= 4 is 40.9 Å². The second-order valence-electron chi connectivity index (χ2n) is 6.03. The molecule has 0 bridgehead atoms. The van der Waals surface area contributed by atoms with Gasteiger partial charge >= 0.3 is 5.97 Å². The van der Waals surface area contributed by atoms with E-state index in [0.29, 0.717) is 24.4 Å². The lowest BCUT2D eigenvalue weighted by Gasteiger charge is -2.22. The van der Waals surface area contributed by atoms with E-state index < -0.39 is 35.9 Å². The minimum atomic E-state index is -1.17. The topological polar surface area (TPSA) is 137 Å². The lowest BCUT2D eigenvalue weighted by Crippen LogP contribution is -2.54. The Kier molecular flexibility index (Phi) is 11.1. The summed E-state index contributed by atoms with van der Waals surface area (Å²) in [6.07, 6.45) is 1.67. The van der Waals surface area contributed by atoms with Gasteiger partial charge in [-0.1, -0.05) is 12.2 Å². The van der Waals surface area contributed by atoms with E-state index in [1.807, 2.05) is 0 Å². The molecule has 26 heavy (non-hydrogen) atoms. The van der Waals surface area contributed by atoms with Crippen molar-refractivity contribution in [2.24, 2.45) is 0 Å². The van der Waals surface area contributed by atoms with Gasteiger partial charge in [-0.15, -0.1) is 0 Å². The van der Waals surface area contributed by atoms with Gasteiger partial charge in [0.2, 0.25) is 17.7 Å². The van der Waals surface area contributed by atoms with Crippen LogP contribution in [0.15, 0.2) is 0 Å². The number of carbonyl (C=O) groups excluding carboxylic acids is 3. The highest BCUT2D eigenvalue weighted by atomic mass is 32.1. The van der Waals surface area contributed by atoms with E-state index in [1.165, 1.54) is 20.8 Å². The smallest absolute Gasteiger partial charge is 0.325 e. The molecule has 5 N–H and O–H groups in total. The predicted octanol–water partition coefficient (Wildman–Crippen LogP) is -0.308. The van der Waals surface area contributed by atoms with Gasteiger partial charge in [0.15, 0.2) is 0 Å². The van der Waals surface area contributed by atoms with Gasteiger partial charge in [-0.3, -0.25) is 19.2 Å². The van der Waals surface area contributed by atoms with Gasteiger partial charge in [-0.05, 0) is 40.0 Å². The second-order valence-corrected chi connectivity index (χ2v) is 6.64. The van der Waals surface area contributed by atoms with E-state index in [1.54, 1.807) is 6.92 Å². The van der Waals surface area contributed by atoms with Crippen LogP contribution in [0.5, 0.6) is 0 Å². The van der Waals surface area contributed by atoms with E-state index in [-0.39, 0.29) is 5.91 Å². The summed E-state index contributed by atoms with van der Waals surface area (Å²) in [4.78, 5) is 47.1. The molecular formula is C16H28N4O5S. The van der Waals surface area contributed by atoms with Crippen molar-refractivity contribution in [3.8, 4) is 0 Å². The van der Waals surface area contributed by atoms with Gasteiger partial charge in [-0.25, -0.2) is 0 Å². The number of hydrogen-bond donors (Lipinski definition) is 5. The Labute approximate surface area is 158 Å². The quantitative estimate of drug-likeness (QED) is 0.242. The zero-order chi connectivity index (χ0) is 20.3. The molecule has 10 heteroatoms. The number of amides is 3. The zero-order valence-corrected chi connectivity index (χ0v) is 16.4. The van der Waals surface area contributed by atoms with E-state index in [0.717, 1.165) is 6.42 Å². The van der Waals surface area contributed by atoms with Crippen molar-refractivity contribution < 1.29 is 24.3 Å². The molecule has 9 nitrogen and oxygen atoms in total. The average Bonchev–Trinajstić information content (AvgIpc) is 2.51. The van der Waals surface area contributed by atoms with E-state index >= 15 is 0 Å². The molecule has 148 valence electrons. The molecule has 0 rings (SSSR count). The molecule has 0 aromatic rings. The minimum Gasteiger partial charge on any atom is -0.480 e. The monoisotopic (exact) mass is 388 g/mol. The Morgan fingerprint density at radius 3 is 2.04 bits per heavy atom. The predicted molar refractivity (Wildman–Crippen MR) is 101 cm³/mol. The van der Waals surface area contributed by atoms with Gasteiger partial charge in [0.05, 0.1) is 4.99 Å². The number of aliphatic carboxylic acids is 1. The van der Waals surface area contributed by atoms with Crippen LogP contribution in [0, 0.1) is 0 Å². The summed E-state index contributed by atoms with van der Waals surface area (Å²) >= 11 is 4.91. The van der Waals surface area contributed by atoms with Crippen LogP contribution in [-0.2, 0) is 19.2 Å². The first-order valence-corrected chi connectivity index (χ1v) is 8.80. The minimum absolute atomic E-state index is 0.328. The molecule has 0 saturated carbocycles. The molecule has 0 aliphatic carbocycles. The number of carboxylic acids is 1. The van der Waals surface area contributed by atoms with E-state index in [2.05, 4.69) is 21.3 Å². The maximum atomic E-state index is 12.3. The molecule has 3 amide bonds.